The van der Waals surface area contributed by atoms with Crippen LogP contribution in [0.1, 0.15) is 18.1 Å². The first kappa shape index (κ1) is 16.6. The molecule has 26 heavy (non-hydrogen) atoms. The number of hydrogen-bond acceptors (Lipinski definition) is 3. The van der Waals surface area contributed by atoms with E-state index in [-0.39, 0.29) is 36.2 Å². The van der Waals surface area contributed by atoms with Crippen molar-refractivity contribution in [2.24, 2.45) is 0 Å². The van der Waals surface area contributed by atoms with Gasteiger partial charge in [-0.1, -0.05) is 60.7 Å². The van der Waals surface area contributed by atoms with Crippen molar-refractivity contribution in [3.05, 3.63) is 71.8 Å². The maximum Gasteiger partial charge on any atom is 0.318 e. The summed E-state index contributed by atoms with van der Waals surface area (Å²) in [5.41, 5.74) is 2.30. The summed E-state index contributed by atoms with van der Waals surface area (Å²) in [7, 11) is 0. The Bertz CT molecular complexity index is 793. The van der Waals surface area contributed by atoms with Gasteiger partial charge in [0.25, 0.3) is 0 Å². The molecule has 0 spiro atoms. The number of nitrogens with zero attached hydrogens (tertiary/aromatic N) is 1. The van der Waals surface area contributed by atoms with E-state index in [0.717, 1.165) is 12.0 Å². The van der Waals surface area contributed by atoms with E-state index in [4.69, 9.17) is 4.74 Å². The van der Waals surface area contributed by atoms with E-state index in [1.165, 1.54) is 12.5 Å². The molecule has 0 unspecified atom stereocenters. The van der Waals surface area contributed by atoms with Crippen LogP contribution in [-0.2, 0) is 22.4 Å². The van der Waals surface area contributed by atoms with Crippen LogP contribution in [-0.4, -0.2) is 41.1 Å². The number of carbonyl (C=O) groups excluding carboxylic acids is 2. The smallest absolute Gasteiger partial charge is 0.318 e. The van der Waals surface area contributed by atoms with E-state index >= 15 is 0 Å². The lowest BCUT2D eigenvalue weighted by Gasteiger charge is -2.31. The molecule has 0 saturated carbocycles. The lowest BCUT2D eigenvalue weighted by atomic mass is 9.96. The lowest BCUT2D eigenvalue weighted by Crippen LogP contribution is -2.55. The fourth-order valence-corrected chi connectivity index (χ4v) is 3.97. The van der Waals surface area contributed by atoms with Gasteiger partial charge in [-0.05, 0) is 24.0 Å². The Kier molecular flexibility index (Phi) is 4.37. The maximum atomic E-state index is 12.5. The fourth-order valence-electron chi connectivity index (χ4n) is 3.97. The molecule has 4 rings (SSSR count). The van der Waals surface area contributed by atoms with Crippen molar-refractivity contribution in [3.63, 3.8) is 0 Å². The lowest BCUT2D eigenvalue weighted by molar-refractivity contribution is -0.148. The highest BCUT2D eigenvalue weighted by Gasteiger charge is 2.61. The number of urea groups is 1. The predicted octanol–water partition coefficient (Wildman–Crippen LogP) is 2.55. The molecule has 2 fully saturated rings. The van der Waals surface area contributed by atoms with Crippen LogP contribution in [0.15, 0.2) is 60.7 Å². The van der Waals surface area contributed by atoms with E-state index in [0.29, 0.717) is 6.42 Å². The zero-order valence-electron chi connectivity index (χ0n) is 14.7. The van der Waals surface area contributed by atoms with Gasteiger partial charge in [0, 0.05) is 6.92 Å². The van der Waals surface area contributed by atoms with Crippen LogP contribution in [0.3, 0.4) is 0 Å². The van der Waals surface area contributed by atoms with Crippen molar-refractivity contribution in [3.8, 4) is 0 Å². The van der Waals surface area contributed by atoms with Crippen LogP contribution in [0, 0.1) is 0 Å². The number of amides is 2. The molecule has 2 amide bonds. The highest BCUT2D eigenvalue weighted by atomic mass is 16.5. The molecular formula is C21H22N2O3. The van der Waals surface area contributed by atoms with Crippen LogP contribution in [0.4, 0.5) is 4.79 Å². The van der Waals surface area contributed by atoms with Crippen molar-refractivity contribution >= 4 is 12.0 Å². The zero-order valence-corrected chi connectivity index (χ0v) is 14.7. The number of esters is 1. The van der Waals surface area contributed by atoms with Crippen LogP contribution in [0.25, 0.3) is 0 Å². The average Bonchev–Trinajstić information content (AvgIpc) is 3.34. The third-order valence-electron chi connectivity index (χ3n) is 5.15. The summed E-state index contributed by atoms with van der Waals surface area (Å²) in [4.78, 5) is 26.0. The molecule has 1 N–H and O–H groups in total. The summed E-state index contributed by atoms with van der Waals surface area (Å²) in [5.74, 6) is -0.311. The number of ether oxygens (including phenoxy) is 1. The number of fused-ring (bicyclic) bond motifs is 1. The minimum Gasteiger partial charge on any atom is -0.458 e. The minimum absolute atomic E-state index is 0.0541. The van der Waals surface area contributed by atoms with E-state index in [1.54, 1.807) is 0 Å². The summed E-state index contributed by atoms with van der Waals surface area (Å²) in [5, 5.41) is 3.04. The van der Waals surface area contributed by atoms with Crippen LogP contribution < -0.4 is 5.32 Å². The van der Waals surface area contributed by atoms with Crippen molar-refractivity contribution in [2.45, 2.75) is 44.0 Å². The summed E-state index contributed by atoms with van der Waals surface area (Å²) >= 11 is 0. The molecule has 2 heterocycles. The van der Waals surface area contributed by atoms with E-state index in [1.807, 2.05) is 53.4 Å². The number of rotatable bonds is 5. The molecule has 2 aliphatic rings. The summed E-state index contributed by atoms with van der Waals surface area (Å²) in [6.07, 6.45) is 1.08. The SMILES string of the molecule is CC(=O)O[C@@H]1[C@H]2[C@@H](Cc3ccccc3)N2C(=O)N[C@@H]1Cc1ccccc1. The van der Waals surface area contributed by atoms with Crippen LogP contribution in [0.2, 0.25) is 0 Å². The van der Waals surface area contributed by atoms with Crippen LogP contribution >= 0.6 is 0 Å². The normalized spacial score (nSPS) is 26.7. The maximum absolute atomic E-state index is 12.5. The highest BCUT2D eigenvalue weighted by Crippen LogP contribution is 2.40. The Hall–Kier alpha value is -2.82. The molecule has 2 aromatic rings. The van der Waals surface area contributed by atoms with Crippen molar-refractivity contribution in [2.75, 3.05) is 0 Å². The van der Waals surface area contributed by atoms with Gasteiger partial charge < -0.3 is 15.0 Å². The molecule has 2 aliphatic heterocycles. The van der Waals surface area contributed by atoms with Gasteiger partial charge in [-0.25, -0.2) is 4.79 Å². The molecule has 0 radical (unpaired) electrons. The fraction of sp³-hybridized carbons (Fsp3) is 0.333. The Morgan fingerprint density at radius 2 is 1.58 bits per heavy atom. The second kappa shape index (κ2) is 6.83. The second-order valence-corrected chi connectivity index (χ2v) is 6.97. The predicted molar refractivity (Wildman–Crippen MR) is 97.6 cm³/mol. The molecule has 0 aromatic heterocycles. The minimum atomic E-state index is -0.334. The second-order valence-electron chi connectivity index (χ2n) is 6.97. The number of hydrogen-bond donors (Lipinski definition) is 1. The standard InChI is InChI=1S/C21H22N2O3/c1-14(24)26-20-17(12-15-8-4-2-5-9-15)22-21(25)23-18(19(20)23)13-16-10-6-3-7-11-16/h2-11,17-20H,12-13H2,1H3,(H,22,25)/t17-,18-,19-,20+,23?/m1/s1. The third-order valence-corrected chi connectivity index (χ3v) is 5.15. The molecule has 134 valence electrons. The molecule has 5 heteroatoms. The Morgan fingerprint density at radius 1 is 1.00 bits per heavy atom. The largest absolute Gasteiger partial charge is 0.458 e. The topological polar surface area (TPSA) is 58.4 Å². The Morgan fingerprint density at radius 3 is 2.15 bits per heavy atom. The molecule has 0 aliphatic carbocycles. The number of benzene rings is 2. The summed E-state index contributed by atoms with van der Waals surface area (Å²) in [6.45, 7) is 1.43. The summed E-state index contributed by atoms with van der Waals surface area (Å²) in [6, 6.07) is 19.8. The van der Waals surface area contributed by atoms with Gasteiger partial charge in [0.2, 0.25) is 0 Å². The van der Waals surface area contributed by atoms with Crippen molar-refractivity contribution in [1.82, 2.24) is 10.2 Å². The molecular weight excluding hydrogens is 328 g/mol. The van der Waals surface area contributed by atoms with E-state index in [9.17, 15) is 9.59 Å². The number of carbonyl (C=O) groups is 2. The number of nitrogens with one attached hydrogen (secondary N) is 1. The molecule has 2 aromatic carbocycles. The van der Waals surface area contributed by atoms with E-state index in [2.05, 4.69) is 17.4 Å². The third kappa shape index (κ3) is 3.29. The van der Waals surface area contributed by atoms with Gasteiger partial charge in [0.1, 0.15) is 6.10 Å². The van der Waals surface area contributed by atoms with Crippen molar-refractivity contribution in [1.29, 1.82) is 0 Å². The zero-order chi connectivity index (χ0) is 18.1. The molecule has 0 bridgehead atoms. The first-order valence-corrected chi connectivity index (χ1v) is 8.97. The van der Waals surface area contributed by atoms with Gasteiger partial charge in [-0.2, -0.15) is 0 Å². The first-order valence-electron chi connectivity index (χ1n) is 8.97. The first-order chi connectivity index (χ1) is 12.6. The van der Waals surface area contributed by atoms with Crippen LogP contribution in [0.5, 0.6) is 0 Å². The summed E-state index contributed by atoms with van der Waals surface area (Å²) < 4.78 is 5.65. The average molecular weight is 350 g/mol. The van der Waals surface area contributed by atoms with E-state index < -0.39 is 0 Å². The molecule has 2 saturated heterocycles. The molecule has 4 atom stereocenters. The van der Waals surface area contributed by atoms with Crippen molar-refractivity contribution < 1.29 is 14.3 Å². The van der Waals surface area contributed by atoms with Gasteiger partial charge in [0.15, 0.2) is 0 Å². The monoisotopic (exact) mass is 350 g/mol. The Labute approximate surface area is 153 Å². The van der Waals surface area contributed by atoms with Gasteiger partial charge in [-0.15, -0.1) is 0 Å². The Balaban J connectivity index is 1.54. The van der Waals surface area contributed by atoms with Gasteiger partial charge >= 0.3 is 12.0 Å². The van der Waals surface area contributed by atoms with Gasteiger partial charge in [-0.3, -0.25) is 4.79 Å². The molecule has 5 nitrogen and oxygen atoms in total. The highest BCUT2D eigenvalue weighted by molar-refractivity contribution is 5.80. The van der Waals surface area contributed by atoms with Gasteiger partial charge in [0.05, 0.1) is 18.1 Å². The quantitative estimate of drug-likeness (QED) is 0.666.